The standard InChI is InChI=1S/C12H23N3O2/c1-4-8(2)11(13)12(17)15-6-5-10(7-15)14-9(3)16/h8,10-11H,4-7,13H2,1-3H3,(H,14,16)/t8-,10?,11-/m0/s1. The second-order valence-electron chi connectivity index (χ2n) is 4.88. The van der Waals surface area contributed by atoms with E-state index in [2.05, 4.69) is 5.32 Å². The number of nitrogens with one attached hydrogen (secondary N) is 1. The summed E-state index contributed by atoms with van der Waals surface area (Å²) in [6.07, 6.45) is 1.72. The molecule has 3 atom stereocenters. The van der Waals surface area contributed by atoms with Crippen LogP contribution in [0.15, 0.2) is 0 Å². The van der Waals surface area contributed by atoms with Gasteiger partial charge in [0.1, 0.15) is 0 Å². The van der Waals surface area contributed by atoms with E-state index in [0.717, 1.165) is 12.8 Å². The lowest BCUT2D eigenvalue weighted by molar-refractivity contribution is -0.133. The van der Waals surface area contributed by atoms with Crippen molar-refractivity contribution < 1.29 is 9.59 Å². The molecule has 0 bridgehead atoms. The normalized spacial score (nSPS) is 23.3. The fourth-order valence-corrected chi connectivity index (χ4v) is 2.07. The molecule has 98 valence electrons. The molecule has 0 saturated carbocycles. The molecule has 1 aliphatic rings. The summed E-state index contributed by atoms with van der Waals surface area (Å²) in [5, 5.41) is 2.84. The van der Waals surface area contributed by atoms with Gasteiger partial charge in [0.15, 0.2) is 0 Å². The van der Waals surface area contributed by atoms with E-state index in [1.807, 2.05) is 13.8 Å². The molecule has 1 rings (SSSR count). The molecule has 3 N–H and O–H groups in total. The van der Waals surface area contributed by atoms with E-state index in [-0.39, 0.29) is 23.8 Å². The average molecular weight is 241 g/mol. The summed E-state index contributed by atoms with van der Waals surface area (Å²) in [5.41, 5.74) is 5.92. The molecule has 0 aromatic rings. The first-order valence-electron chi connectivity index (χ1n) is 6.27. The van der Waals surface area contributed by atoms with Crippen LogP contribution >= 0.6 is 0 Å². The van der Waals surface area contributed by atoms with Crippen LogP contribution in [0.5, 0.6) is 0 Å². The van der Waals surface area contributed by atoms with Gasteiger partial charge in [-0.3, -0.25) is 9.59 Å². The highest BCUT2D eigenvalue weighted by Gasteiger charge is 2.31. The molecule has 5 heteroatoms. The lowest BCUT2D eigenvalue weighted by atomic mass is 9.99. The number of nitrogens with zero attached hydrogens (tertiary/aromatic N) is 1. The Kier molecular flexibility index (Phi) is 4.93. The molecular weight excluding hydrogens is 218 g/mol. The Morgan fingerprint density at radius 3 is 2.71 bits per heavy atom. The molecule has 0 aromatic heterocycles. The molecule has 1 fully saturated rings. The number of hydrogen-bond donors (Lipinski definition) is 2. The summed E-state index contributed by atoms with van der Waals surface area (Å²) in [5.74, 6) is 0.157. The van der Waals surface area contributed by atoms with E-state index in [0.29, 0.717) is 13.1 Å². The van der Waals surface area contributed by atoms with Crippen molar-refractivity contribution in [2.45, 2.75) is 45.7 Å². The van der Waals surface area contributed by atoms with Crippen LogP contribution in [0.1, 0.15) is 33.6 Å². The number of amides is 2. The quantitative estimate of drug-likeness (QED) is 0.733. The summed E-state index contributed by atoms with van der Waals surface area (Å²) < 4.78 is 0. The SMILES string of the molecule is CC[C@H](C)[C@H](N)C(=O)N1CCC(NC(C)=O)C1. The Hall–Kier alpha value is -1.10. The predicted molar refractivity (Wildman–Crippen MR) is 66.2 cm³/mol. The van der Waals surface area contributed by atoms with Gasteiger partial charge in [0.05, 0.1) is 6.04 Å². The monoisotopic (exact) mass is 241 g/mol. The summed E-state index contributed by atoms with van der Waals surface area (Å²) >= 11 is 0. The number of nitrogens with two attached hydrogens (primary N) is 1. The number of carbonyl (C=O) groups is 2. The van der Waals surface area contributed by atoms with Crippen molar-refractivity contribution in [3.8, 4) is 0 Å². The zero-order valence-electron chi connectivity index (χ0n) is 10.9. The Morgan fingerprint density at radius 1 is 1.53 bits per heavy atom. The first-order valence-corrected chi connectivity index (χ1v) is 6.27. The van der Waals surface area contributed by atoms with Gasteiger partial charge in [0, 0.05) is 26.1 Å². The van der Waals surface area contributed by atoms with Crippen molar-refractivity contribution in [1.82, 2.24) is 10.2 Å². The highest BCUT2D eigenvalue weighted by molar-refractivity contribution is 5.82. The fraction of sp³-hybridized carbons (Fsp3) is 0.833. The molecule has 1 heterocycles. The molecular formula is C12H23N3O2. The maximum Gasteiger partial charge on any atom is 0.239 e. The van der Waals surface area contributed by atoms with Crippen molar-refractivity contribution in [3.05, 3.63) is 0 Å². The Balaban J connectivity index is 2.47. The van der Waals surface area contributed by atoms with E-state index in [4.69, 9.17) is 5.73 Å². The van der Waals surface area contributed by atoms with Crippen LogP contribution in [0, 0.1) is 5.92 Å². The molecule has 0 aliphatic carbocycles. The minimum atomic E-state index is -0.420. The van der Waals surface area contributed by atoms with Gasteiger partial charge in [-0.1, -0.05) is 20.3 Å². The van der Waals surface area contributed by atoms with E-state index in [1.165, 1.54) is 6.92 Å². The van der Waals surface area contributed by atoms with Crippen molar-refractivity contribution in [1.29, 1.82) is 0 Å². The molecule has 1 unspecified atom stereocenters. The highest BCUT2D eigenvalue weighted by Crippen LogP contribution is 2.14. The van der Waals surface area contributed by atoms with Gasteiger partial charge in [0.2, 0.25) is 11.8 Å². The zero-order valence-corrected chi connectivity index (χ0v) is 10.9. The average Bonchev–Trinajstić information content (AvgIpc) is 2.73. The van der Waals surface area contributed by atoms with Gasteiger partial charge in [-0.2, -0.15) is 0 Å². The molecule has 0 spiro atoms. The molecule has 0 radical (unpaired) electrons. The third-order valence-electron chi connectivity index (χ3n) is 3.45. The van der Waals surface area contributed by atoms with Crippen molar-refractivity contribution in [2.24, 2.45) is 11.7 Å². The van der Waals surface area contributed by atoms with Crippen molar-refractivity contribution in [2.75, 3.05) is 13.1 Å². The van der Waals surface area contributed by atoms with Crippen LogP contribution in [0.3, 0.4) is 0 Å². The first kappa shape index (κ1) is 14.0. The van der Waals surface area contributed by atoms with E-state index < -0.39 is 6.04 Å². The first-order chi connectivity index (χ1) is 7.95. The lowest BCUT2D eigenvalue weighted by Gasteiger charge is -2.24. The van der Waals surface area contributed by atoms with Crippen LogP contribution in [0.4, 0.5) is 0 Å². The Labute approximate surface area is 103 Å². The molecule has 1 aliphatic heterocycles. The number of likely N-dealkylation sites (tertiary alicyclic amines) is 1. The van der Waals surface area contributed by atoms with Crippen LogP contribution < -0.4 is 11.1 Å². The van der Waals surface area contributed by atoms with Crippen molar-refractivity contribution >= 4 is 11.8 Å². The number of hydrogen-bond acceptors (Lipinski definition) is 3. The predicted octanol–water partition coefficient (Wildman–Crippen LogP) is 0.0968. The largest absolute Gasteiger partial charge is 0.352 e. The van der Waals surface area contributed by atoms with Crippen LogP contribution in [0.2, 0.25) is 0 Å². The van der Waals surface area contributed by atoms with Crippen molar-refractivity contribution in [3.63, 3.8) is 0 Å². The van der Waals surface area contributed by atoms with Gasteiger partial charge in [-0.15, -0.1) is 0 Å². The summed E-state index contributed by atoms with van der Waals surface area (Å²) in [4.78, 5) is 24.8. The molecule has 0 aromatic carbocycles. The molecule has 17 heavy (non-hydrogen) atoms. The molecule has 1 saturated heterocycles. The smallest absolute Gasteiger partial charge is 0.239 e. The third kappa shape index (κ3) is 3.70. The third-order valence-corrected chi connectivity index (χ3v) is 3.45. The number of rotatable bonds is 4. The van der Waals surface area contributed by atoms with Crippen LogP contribution in [0.25, 0.3) is 0 Å². The van der Waals surface area contributed by atoms with E-state index in [9.17, 15) is 9.59 Å². The Bertz CT molecular complexity index is 293. The van der Waals surface area contributed by atoms with Gasteiger partial charge < -0.3 is 16.0 Å². The summed E-state index contributed by atoms with van der Waals surface area (Å²) in [6.45, 7) is 6.79. The fourth-order valence-electron chi connectivity index (χ4n) is 2.07. The maximum absolute atomic E-state index is 12.1. The Morgan fingerprint density at radius 2 is 2.18 bits per heavy atom. The highest BCUT2D eigenvalue weighted by atomic mass is 16.2. The van der Waals surface area contributed by atoms with E-state index in [1.54, 1.807) is 4.90 Å². The van der Waals surface area contributed by atoms with Gasteiger partial charge in [-0.25, -0.2) is 0 Å². The summed E-state index contributed by atoms with van der Waals surface area (Å²) in [7, 11) is 0. The van der Waals surface area contributed by atoms with Crippen LogP contribution in [-0.2, 0) is 9.59 Å². The number of carbonyl (C=O) groups excluding carboxylic acids is 2. The maximum atomic E-state index is 12.1. The lowest BCUT2D eigenvalue weighted by Crippen LogP contribution is -2.47. The van der Waals surface area contributed by atoms with Gasteiger partial charge >= 0.3 is 0 Å². The molecule has 2 amide bonds. The zero-order chi connectivity index (χ0) is 13.0. The topological polar surface area (TPSA) is 75.4 Å². The van der Waals surface area contributed by atoms with Crippen LogP contribution in [-0.4, -0.2) is 41.9 Å². The minimum absolute atomic E-state index is 0.00667. The van der Waals surface area contributed by atoms with Gasteiger partial charge in [-0.05, 0) is 12.3 Å². The van der Waals surface area contributed by atoms with Gasteiger partial charge in [0.25, 0.3) is 0 Å². The summed E-state index contributed by atoms with van der Waals surface area (Å²) in [6, 6.07) is -0.336. The van der Waals surface area contributed by atoms with E-state index >= 15 is 0 Å². The molecule has 5 nitrogen and oxygen atoms in total. The second-order valence-corrected chi connectivity index (χ2v) is 4.88. The minimum Gasteiger partial charge on any atom is -0.352 e. The second kappa shape index (κ2) is 6.00.